The summed E-state index contributed by atoms with van der Waals surface area (Å²) < 4.78 is 13.4. The van der Waals surface area contributed by atoms with Crippen LogP contribution in [0.2, 0.25) is 0 Å². The number of nitrogens with two attached hydrogens (primary N) is 1. The van der Waals surface area contributed by atoms with E-state index in [2.05, 4.69) is 10.3 Å². The fourth-order valence-electron chi connectivity index (χ4n) is 1.35. The molecule has 1 heterocycles. The van der Waals surface area contributed by atoms with Crippen LogP contribution in [0.25, 0.3) is 0 Å². The van der Waals surface area contributed by atoms with E-state index in [0.717, 1.165) is 0 Å². The van der Waals surface area contributed by atoms with Crippen LogP contribution in [0.5, 0.6) is 0 Å². The molecule has 0 bridgehead atoms. The SMILES string of the molecule is NC(=S)c1ccnc(Nc2ccccc2F)c1. The predicted octanol–water partition coefficient (Wildman–Crippen LogP) is 2.60. The number of nitrogens with zero attached hydrogens (tertiary/aromatic N) is 1. The molecular weight excluding hydrogens is 237 g/mol. The first kappa shape index (κ1) is 11.5. The molecule has 0 saturated heterocycles. The molecule has 0 radical (unpaired) electrons. The second-order valence-electron chi connectivity index (χ2n) is 3.40. The molecule has 0 unspecified atom stereocenters. The molecule has 2 aromatic rings. The van der Waals surface area contributed by atoms with Crippen molar-refractivity contribution in [2.24, 2.45) is 5.73 Å². The molecule has 0 spiro atoms. The van der Waals surface area contributed by atoms with Gasteiger partial charge >= 0.3 is 0 Å². The topological polar surface area (TPSA) is 50.9 Å². The zero-order valence-electron chi connectivity index (χ0n) is 8.85. The average Bonchev–Trinajstić information content (AvgIpc) is 2.32. The Hall–Kier alpha value is -2.01. The Bertz CT molecular complexity index is 557. The molecule has 0 aliphatic carbocycles. The summed E-state index contributed by atoms with van der Waals surface area (Å²) in [5, 5.41) is 2.87. The summed E-state index contributed by atoms with van der Waals surface area (Å²) in [6.07, 6.45) is 1.57. The average molecular weight is 247 g/mol. The fourth-order valence-corrected chi connectivity index (χ4v) is 1.48. The first-order valence-corrected chi connectivity index (χ1v) is 5.35. The van der Waals surface area contributed by atoms with Crippen molar-refractivity contribution in [1.29, 1.82) is 0 Å². The van der Waals surface area contributed by atoms with Crippen LogP contribution < -0.4 is 11.1 Å². The number of benzene rings is 1. The van der Waals surface area contributed by atoms with Crippen LogP contribution >= 0.6 is 12.2 Å². The number of para-hydroxylation sites is 1. The van der Waals surface area contributed by atoms with E-state index in [1.165, 1.54) is 6.07 Å². The molecule has 0 amide bonds. The van der Waals surface area contributed by atoms with E-state index in [0.29, 0.717) is 17.1 Å². The van der Waals surface area contributed by atoms with E-state index >= 15 is 0 Å². The van der Waals surface area contributed by atoms with Gasteiger partial charge in [-0.05, 0) is 24.3 Å². The van der Waals surface area contributed by atoms with Crippen molar-refractivity contribution in [2.45, 2.75) is 0 Å². The first-order valence-electron chi connectivity index (χ1n) is 4.94. The number of hydrogen-bond acceptors (Lipinski definition) is 3. The van der Waals surface area contributed by atoms with Crippen LogP contribution in [0.1, 0.15) is 5.56 Å². The van der Waals surface area contributed by atoms with E-state index in [1.807, 2.05) is 0 Å². The number of aromatic nitrogens is 1. The van der Waals surface area contributed by atoms with Gasteiger partial charge in [0.1, 0.15) is 16.6 Å². The number of halogens is 1. The lowest BCUT2D eigenvalue weighted by molar-refractivity contribution is 0.632. The lowest BCUT2D eigenvalue weighted by atomic mass is 10.2. The molecule has 0 fully saturated rings. The molecule has 0 aliphatic rings. The monoisotopic (exact) mass is 247 g/mol. The van der Waals surface area contributed by atoms with Gasteiger partial charge in [0, 0.05) is 11.8 Å². The molecule has 86 valence electrons. The lowest BCUT2D eigenvalue weighted by Crippen LogP contribution is -2.10. The minimum absolute atomic E-state index is 0.281. The van der Waals surface area contributed by atoms with Crippen LogP contribution in [0.3, 0.4) is 0 Å². The van der Waals surface area contributed by atoms with Crippen molar-refractivity contribution < 1.29 is 4.39 Å². The van der Waals surface area contributed by atoms with Gasteiger partial charge in [0.15, 0.2) is 0 Å². The summed E-state index contributed by atoms with van der Waals surface area (Å²) >= 11 is 4.86. The predicted molar refractivity (Wildman–Crippen MR) is 69.8 cm³/mol. The molecule has 0 saturated carbocycles. The Morgan fingerprint density at radius 2 is 2.06 bits per heavy atom. The highest BCUT2D eigenvalue weighted by Crippen LogP contribution is 2.18. The summed E-state index contributed by atoms with van der Waals surface area (Å²) in [5.41, 5.74) is 6.56. The van der Waals surface area contributed by atoms with E-state index < -0.39 is 0 Å². The van der Waals surface area contributed by atoms with E-state index in [4.69, 9.17) is 18.0 Å². The molecule has 2 rings (SSSR count). The molecule has 1 aromatic carbocycles. The van der Waals surface area contributed by atoms with Gasteiger partial charge in [-0.25, -0.2) is 9.37 Å². The first-order chi connectivity index (χ1) is 8.16. The summed E-state index contributed by atoms with van der Waals surface area (Å²) in [6.45, 7) is 0. The molecule has 0 atom stereocenters. The van der Waals surface area contributed by atoms with Crippen molar-refractivity contribution >= 4 is 28.7 Å². The minimum Gasteiger partial charge on any atom is -0.389 e. The Morgan fingerprint density at radius 1 is 1.29 bits per heavy atom. The summed E-state index contributed by atoms with van der Waals surface area (Å²) in [7, 11) is 0. The number of nitrogens with one attached hydrogen (secondary N) is 1. The number of thiocarbonyl (C=S) groups is 1. The third-order valence-corrected chi connectivity index (χ3v) is 2.42. The smallest absolute Gasteiger partial charge is 0.146 e. The lowest BCUT2D eigenvalue weighted by Gasteiger charge is -2.07. The third-order valence-electron chi connectivity index (χ3n) is 2.18. The fraction of sp³-hybridized carbons (Fsp3) is 0. The van der Waals surface area contributed by atoms with Crippen molar-refractivity contribution in [1.82, 2.24) is 4.98 Å². The van der Waals surface area contributed by atoms with E-state index in [1.54, 1.807) is 36.5 Å². The zero-order valence-corrected chi connectivity index (χ0v) is 9.67. The third kappa shape index (κ3) is 2.76. The standard InChI is InChI=1S/C12H10FN3S/c13-9-3-1-2-4-10(9)16-11-7-8(12(14)17)5-6-15-11/h1-7H,(H2,14,17)(H,15,16). The van der Waals surface area contributed by atoms with Gasteiger partial charge in [-0.2, -0.15) is 0 Å². The van der Waals surface area contributed by atoms with Gasteiger partial charge in [-0.3, -0.25) is 0 Å². The van der Waals surface area contributed by atoms with E-state index in [-0.39, 0.29) is 10.8 Å². The van der Waals surface area contributed by atoms with Gasteiger partial charge < -0.3 is 11.1 Å². The normalized spacial score (nSPS) is 9.94. The molecule has 1 aromatic heterocycles. The largest absolute Gasteiger partial charge is 0.389 e. The quantitative estimate of drug-likeness (QED) is 0.819. The molecule has 5 heteroatoms. The van der Waals surface area contributed by atoms with Crippen molar-refractivity contribution in [3.63, 3.8) is 0 Å². The Labute approximate surface area is 103 Å². The van der Waals surface area contributed by atoms with Crippen LogP contribution in [0.4, 0.5) is 15.9 Å². The van der Waals surface area contributed by atoms with E-state index in [9.17, 15) is 4.39 Å². The van der Waals surface area contributed by atoms with Gasteiger partial charge in [-0.15, -0.1) is 0 Å². The number of anilines is 2. The maximum absolute atomic E-state index is 13.4. The second kappa shape index (κ2) is 4.88. The highest BCUT2D eigenvalue weighted by Gasteiger charge is 2.03. The highest BCUT2D eigenvalue weighted by atomic mass is 32.1. The summed E-state index contributed by atoms with van der Waals surface area (Å²) in [5.74, 6) is 0.162. The van der Waals surface area contributed by atoms with Crippen molar-refractivity contribution in [2.75, 3.05) is 5.32 Å². The van der Waals surface area contributed by atoms with Crippen LogP contribution in [-0.4, -0.2) is 9.97 Å². The van der Waals surface area contributed by atoms with Gasteiger partial charge in [0.05, 0.1) is 5.69 Å². The number of hydrogen-bond donors (Lipinski definition) is 2. The zero-order chi connectivity index (χ0) is 12.3. The molecular formula is C12H10FN3S. The number of rotatable bonds is 3. The summed E-state index contributed by atoms with van der Waals surface area (Å²) in [4.78, 5) is 4.35. The molecule has 0 aliphatic heterocycles. The molecule has 3 N–H and O–H groups in total. The van der Waals surface area contributed by atoms with Crippen LogP contribution in [0, 0.1) is 5.82 Å². The second-order valence-corrected chi connectivity index (χ2v) is 3.84. The van der Waals surface area contributed by atoms with Crippen molar-refractivity contribution in [3.05, 3.63) is 54.0 Å². The number of pyridine rings is 1. The van der Waals surface area contributed by atoms with Crippen molar-refractivity contribution in [3.8, 4) is 0 Å². The van der Waals surface area contributed by atoms with Gasteiger partial charge in [0.25, 0.3) is 0 Å². The molecule has 17 heavy (non-hydrogen) atoms. The van der Waals surface area contributed by atoms with Gasteiger partial charge in [0.2, 0.25) is 0 Å². The van der Waals surface area contributed by atoms with Crippen LogP contribution in [0.15, 0.2) is 42.6 Å². The summed E-state index contributed by atoms with van der Waals surface area (Å²) in [6, 6.07) is 9.75. The Morgan fingerprint density at radius 3 is 2.76 bits per heavy atom. The highest BCUT2D eigenvalue weighted by molar-refractivity contribution is 7.80. The maximum atomic E-state index is 13.4. The Kier molecular flexibility index (Phi) is 3.30. The minimum atomic E-state index is -0.338. The Balaban J connectivity index is 2.28. The van der Waals surface area contributed by atoms with Crippen LogP contribution in [-0.2, 0) is 0 Å². The molecule has 3 nitrogen and oxygen atoms in total. The maximum Gasteiger partial charge on any atom is 0.146 e. The van der Waals surface area contributed by atoms with Gasteiger partial charge in [-0.1, -0.05) is 24.4 Å².